The highest BCUT2D eigenvalue weighted by Gasteiger charge is 2.27. The van der Waals surface area contributed by atoms with Gasteiger partial charge in [0.1, 0.15) is 17.6 Å². The van der Waals surface area contributed by atoms with Crippen molar-refractivity contribution in [1.82, 2.24) is 5.32 Å². The molecule has 10 heteroatoms. The number of halogens is 1. The number of anilines is 1. The average Bonchev–Trinajstić information content (AvgIpc) is 3.16. The molecule has 2 atom stereocenters. The maximum atomic E-state index is 13.7. The summed E-state index contributed by atoms with van der Waals surface area (Å²) in [5.41, 5.74) is 4.12. The van der Waals surface area contributed by atoms with E-state index in [0.717, 1.165) is 27.8 Å². The number of para-hydroxylation sites is 2. The Morgan fingerprint density at radius 1 is 0.731 bits per heavy atom. The number of aliphatic hydroxyl groups excluding tert-OH is 1. The second-order valence-electron chi connectivity index (χ2n) is 12.1. The quantitative estimate of drug-likeness (QED) is 0.110. The number of sulfonamides is 1. The van der Waals surface area contributed by atoms with Crippen molar-refractivity contribution in [2.75, 3.05) is 4.72 Å². The third kappa shape index (κ3) is 8.76. The largest absolute Gasteiger partial charge is 0.457 e. The molecule has 0 heterocycles. The van der Waals surface area contributed by atoms with E-state index >= 15 is 0 Å². The second kappa shape index (κ2) is 16.1. The zero-order valence-electron chi connectivity index (χ0n) is 28.1. The van der Waals surface area contributed by atoms with Crippen LogP contribution in [0.1, 0.15) is 22.8 Å². The molecule has 262 valence electrons. The maximum absolute atomic E-state index is 13.7. The lowest BCUT2D eigenvalue weighted by atomic mass is 9.96. The molecule has 0 fully saturated rings. The monoisotopic (exact) mass is 730 g/mol. The van der Waals surface area contributed by atoms with E-state index in [2.05, 4.69) is 10.0 Å². The Bertz CT molecular complexity index is 2280. The van der Waals surface area contributed by atoms with Crippen molar-refractivity contribution < 1.29 is 27.9 Å². The SMILES string of the molecule is CC(O)C(=O)[C@H](Cc1ccc(-c2ccccc2Oc2ccccc2)cc1)NC(=O)c1cc(Cl)ccc1NS(=O)(=O)c1ccc(-c2ccccc2)cc1. The molecule has 0 aliphatic heterocycles. The van der Waals surface area contributed by atoms with Gasteiger partial charge >= 0.3 is 0 Å². The van der Waals surface area contributed by atoms with E-state index in [9.17, 15) is 23.1 Å². The molecule has 1 amide bonds. The standard InChI is InChI=1S/C42H35ClN2O6S/c1-28(46)41(47)39(26-29-16-18-32(19-17-29)36-14-8-9-15-40(36)51-34-12-6-3-7-13-34)44-42(48)37-27-33(43)22-25-38(37)45-52(49,50)35-23-20-31(21-24-35)30-10-4-2-5-11-30/h2-25,27-28,39,45-46H,26H2,1H3,(H,44,48)/t28?,39-/m0/s1. The molecule has 1 unspecified atom stereocenters. The summed E-state index contributed by atoms with van der Waals surface area (Å²) in [6.45, 7) is 1.33. The number of hydrogen-bond donors (Lipinski definition) is 3. The Morgan fingerprint density at radius 3 is 2.00 bits per heavy atom. The smallest absolute Gasteiger partial charge is 0.261 e. The van der Waals surface area contributed by atoms with Crippen LogP contribution in [-0.2, 0) is 21.2 Å². The van der Waals surface area contributed by atoms with Crippen molar-refractivity contribution >= 4 is 39.0 Å². The van der Waals surface area contributed by atoms with Gasteiger partial charge in [-0.25, -0.2) is 8.42 Å². The van der Waals surface area contributed by atoms with Crippen molar-refractivity contribution in [3.05, 3.63) is 168 Å². The normalized spacial score (nSPS) is 12.4. The van der Waals surface area contributed by atoms with Crippen molar-refractivity contribution in [3.63, 3.8) is 0 Å². The van der Waals surface area contributed by atoms with Crippen LogP contribution in [0.25, 0.3) is 22.3 Å². The number of ether oxygens (including phenoxy) is 1. The molecule has 0 spiro atoms. The van der Waals surface area contributed by atoms with Crippen LogP contribution in [0.5, 0.6) is 11.5 Å². The molecule has 0 saturated heterocycles. The molecule has 6 rings (SSSR count). The molecule has 0 aliphatic carbocycles. The number of ketones is 1. The first-order valence-electron chi connectivity index (χ1n) is 16.5. The summed E-state index contributed by atoms with van der Waals surface area (Å²) >= 11 is 6.25. The van der Waals surface area contributed by atoms with Crippen LogP contribution >= 0.6 is 11.6 Å². The number of benzene rings is 6. The van der Waals surface area contributed by atoms with Gasteiger partial charge in [0.05, 0.1) is 22.2 Å². The first-order chi connectivity index (χ1) is 25.1. The van der Waals surface area contributed by atoms with Crippen LogP contribution in [-0.4, -0.2) is 37.4 Å². The van der Waals surface area contributed by atoms with E-state index in [1.807, 2.05) is 109 Å². The molecule has 0 radical (unpaired) electrons. The summed E-state index contributed by atoms with van der Waals surface area (Å²) in [7, 11) is -4.12. The van der Waals surface area contributed by atoms with Crippen molar-refractivity contribution in [1.29, 1.82) is 0 Å². The summed E-state index contributed by atoms with van der Waals surface area (Å²) < 4.78 is 35.5. The van der Waals surface area contributed by atoms with Gasteiger partial charge < -0.3 is 15.2 Å². The lowest BCUT2D eigenvalue weighted by Crippen LogP contribution is -2.46. The number of nitrogens with one attached hydrogen (secondary N) is 2. The fourth-order valence-electron chi connectivity index (χ4n) is 5.67. The van der Waals surface area contributed by atoms with Crippen LogP contribution in [0.3, 0.4) is 0 Å². The van der Waals surface area contributed by atoms with Crippen LogP contribution in [0, 0.1) is 0 Å². The minimum atomic E-state index is -4.12. The molecule has 0 aromatic heterocycles. The Labute approximate surface area is 307 Å². The average molecular weight is 731 g/mol. The van der Waals surface area contributed by atoms with Gasteiger partial charge in [0, 0.05) is 10.6 Å². The molecule has 0 bridgehead atoms. The molecule has 6 aromatic carbocycles. The van der Waals surface area contributed by atoms with Gasteiger partial charge in [0.15, 0.2) is 5.78 Å². The van der Waals surface area contributed by atoms with E-state index in [1.165, 1.54) is 37.3 Å². The van der Waals surface area contributed by atoms with Crippen LogP contribution < -0.4 is 14.8 Å². The van der Waals surface area contributed by atoms with Gasteiger partial charge in [0.2, 0.25) is 0 Å². The van der Waals surface area contributed by atoms with E-state index in [0.29, 0.717) is 11.5 Å². The lowest BCUT2D eigenvalue weighted by Gasteiger charge is -2.21. The number of hydrogen-bond acceptors (Lipinski definition) is 6. The Hall–Kier alpha value is -5.74. The molecule has 3 N–H and O–H groups in total. The number of carbonyl (C=O) groups is 2. The summed E-state index contributed by atoms with van der Waals surface area (Å²) in [6, 6.07) is 43.5. The Kier molecular flexibility index (Phi) is 11.2. The molecule has 52 heavy (non-hydrogen) atoms. The van der Waals surface area contributed by atoms with Gasteiger partial charge in [-0.1, -0.05) is 115 Å². The zero-order valence-corrected chi connectivity index (χ0v) is 29.6. The number of rotatable bonds is 13. The summed E-state index contributed by atoms with van der Waals surface area (Å²) in [5.74, 6) is 0.0203. The number of amides is 1. The maximum Gasteiger partial charge on any atom is 0.261 e. The van der Waals surface area contributed by atoms with Gasteiger partial charge in [-0.05, 0) is 84.1 Å². The van der Waals surface area contributed by atoms with E-state index in [-0.39, 0.29) is 27.6 Å². The molecule has 6 aromatic rings. The van der Waals surface area contributed by atoms with Gasteiger partial charge in [-0.15, -0.1) is 0 Å². The van der Waals surface area contributed by atoms with Crippen molar-refractivity contribution in [2.24, 2.45) is 0 Å². The van der Waals surface area contributed by atoms with Gasteiger partial charge in [-0.2, -0.15) is 0 Å². The minimum absolute atomic E-state index is 0.00616. The summed E-state index contributed by atoms with van der Waals surface area (Å²) in [6.07, 6.45) is -1.31. The highest BCUT2D eigenvalue weighted by molar-refractivity contribution is 7.92. The molecular weight excluding hydrogens is 696 g/mol. The van der Waals surface area contributed by atoms with Gasteiger partial charge in [-0.3, -0.25) is 14.3 Å². The first-order valence-corrected chi connectivity index (χ1v) is 18.4. The number of Topliss-reactive ketones (excluding diaryl/α,β-unsaturated/α-hetero) is 1. The van der Waals surface area contributed by atoms with E-state index in [4.69, 9.17) is 16.3 Å². The Balaban J connectivity index is 1.20. The predicted octanol–water partition coefficient (Wildman–Crippen LogP) is 8.56. The highest BCUT2D eigenvalue weighted by Crippen LogP contribution is 2.33. The van der Waals surface area contributed by atoms with E-state index < -0.39 is 33.9 Å². The minimum Gasteiger partial charge on any atom is -0.457 e. The third-order valence-corrected chi connectivity index (χ3v) is 9.98. The van der Waals surface area contributed by atoms with Crippen LogP contribution in [0.15, 0.2) is 157 Å². The first kappa shape index (κ1) is 36.1. The summed E-state index contributed by atoms with van der Waals surface area (Å²) in [4.78, 5) is 26.9. The predicted molar refractivity (Wildman–Crippen MR) is 204 cm³/mol. The topological polar surface area (TPSA) is 122 Å². The van der Waals surface area contributed by atoms with Crippen LogP contribution in [0.2, 0.25) is 5.02 Å². The molecular formula is C42H35ClN2O6S. The third-order valence-electron chi connectivity index (χ3n) is 8.37. The van der Waals surface area contributed by atoms with Crippen molar-refractivity contribution in [2.45, 2.75) is 30.4 Å². The summed E-state index contributed by atoms with van der Waals surface area (Å²) in [5, 5.41) is 13.1. The van der Waals surface area contributed by atoms with Crippen molar-refractivity contribution in [3.8, 4) is 33.8 Å². The fraction of sp³-hybridized carbons (Fsp3) is 0.0952. The number of aliphatic hydroxyl groups is 1. The van der Waals surface area contributed by atoms with E-state index in [1.54, 1.807) is 12.1 Å². The molecule has 0 aliphatic rings. The molecule has 0 saturated carbocycles. The van der Waals surface area contributed by atoms with Gasteiger partial charge in [0.25, 0.3) is 15.9 Å². The molecule has 8 nitrogen and oxygen atoms in total. The lowest BCUT2D eigenvalue weighted by molar-refractivity contribution is -0.128. The number of carbonyl (C=O) groups excluding carboxylic acids is 2. The fourth-order valence-corrected chi connectivity index (χ4v) is 6.92. The Morgan fingerprint density at radius 2 is 1.33 bits per heavy atom. The highest BCUT2D eigenvalue weighted by atomic mass is 35.5. The zero-order chi connectivity index (χ0) is 36.7. The second-order valence-corrected chi connectivity index (χ2v) is 14.2. The van der Waals surface area contributed by atoms with Crippen LogP contribution in [0.4, 0.5) is 5.69 Å².